The maximum absolute atomic E-state index is 13.1. The first kappa shape index (κ1) is 24.4. The number of benzene rings is 1. The Morgan fingerprint density at radius 1 is 1.03 bits per heavy atom. The van der Waals surface area contributed by atoms with Crippen LogP contribution in [0.4, 0.5) is 0 Å². The van der Waals surface area contributed by atoms with E-state index in [1.165, 1.54) is 23.5 Å². The number of rotatable bonds is 6. The molecule has 9 nitrogen and oxygen atoms in total. The molecule has 184 valence electrons. The number of hydrogen-bond donors (Lipinski definition) is 1. The van der Waals surface area contributed by atoms with Crippen LogP contribution in [0.2, 0.25) is 0 Å². The topological polar surface area (TPSA) is 113 Å². The molecular weight excluding hydrogens is 466 g/mol. The normalized spacial score (nSPS) is 28.9. The molecule has 4 rings (SSSR count). The molecule has 1 amide bonds. The number of ether oxygens (including phenoxy) is 1. The summed E-state index contributed by atoms with van der Waals surface area (Å²) in [5.41, 5.74) is 0. The maximum Gasteiger partial charge on any atom is 0.243 e. The SMILES string of the molecule is COc1ccc(S(=O)(=O)N2CCCC(C(=O)NC3CS(=O)(=O)CC3N3CCCCC3)C2)cc1. The van der Waals surface area contributed by atoms with E-state index in [1.807, 2.05) is 0 Å². The molecule has 0 aromatic heterocycles. The summed E-state index contributed by atoms with van der Waals surface area (Å²) in [7, 11) is -5.44. The Labute approximate surface area is 196 Å². The zero-order chi connectivity index (χ0) is 23.6. The van der Waals surface area contributed by atoms with Crippen LogP contribution >= 0.6 is 0 Å². The summed E-state index contributed by atoms with van der Waals surface area (Å²) < 4.78 is 57.4. The predicted molar refractivity (Wildman–Crippen MR) is 124 cm³/mol. The highest BCUT2D eigenvalue weighted by Crippen LogP contribution is 2.27. The van der Waals surface area contributed by atoms with Gasteiger partial charge in [-0.3, -0.25) is 9.69 Å². The van der Waals surface area contributed by atoms with Crippen molar-refractivity contribution in [2.45, 2.75) is 49.1 Å². The van der Waals surface area contributed by atoms with Crippen LogP contribution in [-0.2, 0) is 24.7 Å². The quantitative estimate of drug-likeness (QED) is 0.618. The molecule has 3 saturated heterocycles. The summed E-state index contributed by atoms with van der Waals surface area (Å²) >= 11 is 0. The van der Waals surface area contributed by atoms with E-state index in [-0.39, 0.29) is 34.9 Å². The second-order valence-electron chi connectivity index (χ2n) is 9.23. The predicted octanol–water partition coefficient (Wildman–Crippen LogP) is 0.864. The first-order valence-corrected chi connectivity index (χ1v) is 14.8. The van der Waals surface area contributed by atoms with Crippen LogP contribution in [0.15, 0.2) is 29.2 Å². The molecule has 3 unspecified atom stereocenters. The van der Waals surface area contributed by atoms with Crippen LogP contribution in [0.5, 0.6) is 5.75 Å². The molecule has 0 radical (unpaired) electrons. The summed E-state index contributed by atoms with van der Waals surface area (Å²) in [6, 6.07) is 5.55. The molecular formula is C22H33N3O6S2. The minimum atomic E-state index is -3.73. The van der Waals surface area contributed by atoms with E-state index in [9.17, 15) is 21.6 Å². The standard InChI is InChI=1S/C22H33N3O6S2/c1-31-18-7-9-19(10-8-18)33(29,30)25-13-5-6-17(14-25)22(26)23-20-15-32(27,28)16-21(20)24-11-3-2-4-12-24/h7-10,17,20-21H,2-6,11-16H2,1H3,(H,23,26). The van der Waals surface area contributed by atoms with Gasteiger partial charge in [0.1, 0.15) is 5.75 Å². The lowest BCUT2D eigenvalue weighted by molar-refractivity contribution is -0.127. The Bertz CT molecular complexity index is 1050. The fourth-order valence-corrected chi connectivity index (χ4v) is 8.62. The summed E-state index contributed by atoms with van der Waals surface area (Å²) in [5.74, 6) is -0.174. The Morgan fingerprint density at radius 2 is 1.73 bits per heavy atom. The van der Waals surface area contributed by atoms with Crippen LogP contribution in [0.25, 0.3) is 0 Å². The van der Waals surface area contributed by atoms with Gasteiger partial charge in [-0.2, -0.15) is 4.31 Å². The van der Waals surface area contributed by atoms with Crippen molar-refractivity contribution in [1.82, 2.24) is 14.5 Å². The average molecular weight is 500 g/mol. The third kappa shape index (κ3) is 5.52. The van der Waals surface area contributed by atoms with Gasteiger partial charge in [-0.1, -0.05) is 6.42 Å². The second kappa shape index (κ2) is 9.89. The minimum absolute atomic E-state index is 0.0551. The van der Waals surface area contributed by atoms with Gasteiger partial charge < -0.3 is 10.1 Å². The number of nitrogens with one attached hydrogen (secondary N) is 1. The largest absolute Gasteiger partial charge is 0.497 e. The Kier molecular flexibility index (Phi) is 7.32. The molecule has 11 heteroatoms. The molecule has 1 aromatic carbocycles. The fraction of sp³-hybridized carbons (Fsp3) is 0.682. The van der Waals surface area contributed by atoms with Crippen LogP contribution < -0.4 is 10.1 Å². The van der Waals surface area contributed by atoms with Crippen LogP contribution in [0.1, 0.15) is 32.1 Å². The highest BCUT2D eigenvalue weighted by Gasteiger charge is 2.43. The number of hydrogen-bond acceptors (Lipinski definition) is 7. The van der Waals surface area contributed by atoms with Crippen molar-refractivity contribution in [2.75, 3.05) is 44.8 Å². The van der Waals surface area contributed by atoms with E-state index in [4.69, 9.17) is 4.74 Å². The van der Waals surface area contributed by atoms with Gasteiger partial charge in [0.25, 0.3) is 0 Å². The van der Waals surface area contributed by atoms with E-state index in [0.717, 1.165) is 32.4 Å². The molecule has 0 aliphatic carbocycles. The Balaban J connectivity index is 1.43. The van der Waals surface area contributed by atoms with Gasteiger partial charge in [0.15, 0.2) is 9.84 Å². The lowest BCUT2D eigenvalue weighted by Gasteiger charge is -2.36. The van der Waals surface area contributed by atoms with Gasteiger partial charge in [-0.05, 0) is 63.0 Å². The zero-order valence-corrected chi connectivity index (χ0v) is 20.6. The smallest absolute Gasteiger partial charge is 0.243 e. The van der Waals surface area contributed by atoms with E-state index in [0.29, 0.717) is 25.1 Å². The molecule has 0 spiro atoms. The second-order valence-corrected chi connectivity index (χ2v) is 13.3. The van der Waals surface area contributed by atoms with Gasteiger partial charge in [-0.15, -0.1) is 0 Å². The summed E-state index contributed by atoms with van der Waals surface area (Å²) in [6.45, 7) is 2.15. The third-order valence-electron chi connectivity index (χ3n) is 6.96. The molecule has 3 aliphatic rings. The number of sulfone groups is 1. The molecule has 1 aromatic rings. The van der Waals surface area contributed by atoms with Gasteiger partial charge in [0, 0.05) is 19.1 Å². The van der Waals surface area contributed by atoms with Crippen LogP contribution in [0.3, 0.4) is 0 Å². The molecule has 3 fully saturated rings. The number of amides is 1. The molecule has 3 heterocycles. The lowest BCUT2D eigenvalue weighted by Crippen LogP contribution is -2.55. The van der Waals surface area contributed by atoms with Gasteiger partial charge in [0.2, 0.25) is 15.9 Å². The van der Waals surface area contributed by atoms with Crippen molar-refractivity contribution in [3.8, 4) is 5.75 Å². The van der Waals surface area contributed by atoms with Crippen molar-refractivity contribution < 1.29 is 26.4 Å². The minimum Gasteiger partial charge on any atom is -0.497 e. The molecule has 0 bridgehead atoms. The van der Waals surface area contributed by atoms with Crippen molar-refractivity contribution >= 4 is 25.8 Å². The molecule has 3 atom stereocenters. The number of piperidine rings is 2. The molecule has 3 aliphatic heterocycles. The highest BCUT2D eigenvalue weighted by molar-refractivity contribution is 7.91. The van der Waals surface area contributed by atoms with Crippen molar-refractivity contribution in [3.05, 3.63) is 24.3 Å². The first-order valence-electron chi connectivity index (χ1n) is 11.6. The number of carbonyl (C=O) groups is 1. The van der Waals surface area contributed by atoms with Crippen molar-refractivity contribution in [1.29, 1.82) is 0 Å². The van der Waals surface area contributed by atoms with E-state index < -0.39 is 31.8 Å². The number of nitrogens with zero attached hydrogens (tertiary/aromatic N) is 2. The van der Waals surface area contributed by atoms with Crippen molar-refractivity contribution in [2.24, 2.45) is 5.92 Å². The van der Waals surface area contributed by atoms with Crippen molar-refractivity contribution in [3.63, 3.8) is 0 Å². The number of methoxy groups -OCH3 is 1. The lowest BCUT2D eigenvalue weighted by atomic mass is 9.97. The zero-order valence-electron chi connectivity index (χ0n) is 19.0. The average Bonchev–Trinajstić information content (AvgIpc) is 3.13. The first-order chi connectivity index (χ1) is 15.7. The van der Waals surface area contributed by atoms with Crippen LogP contribution in [0, 0.1) is 5.92 Å². The van der Waals surface area contributed by atoms with Gasteiger partial charge in [0.05, 0.1) is 35.5 Å². The van der Waals surface area contributed by atoms with Crippen LogP contribution in [-0.4, -0.2) is 88.8 Å². The maximum atomic E-state index is 13.1. The van der Waals surface area contributed by atoms with Gasteiger partial charge in [-0.25, -0.2) is 16.8 Å². The van der Waals surface area contributed by atoms with E-state index in [1.54, 1.807) is 12.1 Å². The number of carbonyl (C=O) groups excluding carboxylic acids is 1. The number of likely N-dealkylation sites (tertiary alicyclic amines) is 1. The molecule has 1 N–H and O–H groups in total. The Hall–Kier alpha value is -1.69. The molecule has 0 saturated carbocycles. The highest BCUT2D eigenvalue weighted by atomic mass is 32.2. The summed E-state index contributed by atoms with van der Waals surface area (Å²) in [4.78, 5) is 15.5. The van der Waals surface area contributed by atoms with Gasteiger partial charge >= 0.3 is 0 Å². The monoisotopic (exact) mass is 499 g/mol. The summed E-state index contributed by atoms with van der Waals surface area (Å²) in [5, 5.41) is 2.98. The summed E-state index contributed by atoms with van der Waals surface area (Å²) in [6.07, 6.45) is 4.38. The van der Waals surface area contributed by atoms with E-state index >= 15 is 0 Å². The molecule has 33 heavy (non-hydrogen) atoms. The third-order valence-corrected chi connectivity index (χ3v) is 10.6. The fourth-order valence-electron chi connectivity index (χ4n) is 5.15. The number of sulfonamides is 1. The Morgan fingerprint density at radius 3 is 2.39 bits per heavy atom. The van der Waals surface area contributed by atoms with E-state index in [2.05, 4.69) is 10.2 Å².